The molecule has 0 saturated carbocycles. The number of hydrogen-bond acceptors (Lipinski definition) is 4. The molecule has 0 aromatic heterocycles. The zero-order valence-electron chi connectivity index (χ0n) is 23.2. The van der Waals surface area contributed by atoms with Crippen molar-refractivity contribution in [3.63, 3.8) is 0 Å². The largest absolute Gasteiger partial charge is 1.00 e. The molecule has 0 aliphatic rings. The number of carbonyl (C=O) groups excluding carboxylic acids is 1. The number of rotatable bonds is 9. The topological polar surface area (TPSA) is 58.6 Å². The summed E-state index contributed by atoms with van der Waals surface area (Å²) in [5.41, 5.74) is 2.00. The molecule has 2 N–H and O–H groups in total. The Morgan fingerprint density at radius 2 is 1.68 bits per heavy atom. The van der Waals surface area contributed by atoms with E-state index in [0.29, 0.717) is 29.9 Å². The van der Waals surface area contributed by atoms with E-state index in [9.17, 15) is 13.9 Å². The van der Waals surface area contributed by atoms with Crippen molar-refractivity contribution in [2.24, 2.45) is 0 Å². The van der Waals surface area contributed by atoms with Crippen LogP contribution in [-0.4, -0.2) is 25.5 Å². The minimum Gasteiger partial charge on any atom is -0.505 e. The van der Waals surface area contributed by atoms with Crippen LogP contribution in [0.4, 0.5) is 8.78 Å². The van der Waals surface area contributed by atoms with Crippen LogP contribution in [0.2, 0.25) is 0 Å². The number of carbonyl (C=O) groups is 1. The minimum atomic E-state index is -1.21. The van der Waals surface area contributed by atoms with Gasteiger partial charge in [0.1, 0.15) is 12.5 Å². The van der Waals surface area contributed by atoms with E-state index in [1.54, 1.807) is 31.2 Å². The van der Waals surface area contributed by atoms with Gasteiger partial charge in [-0.25, -0.2) is 4.39 Å². The molecule has 198 valence electrons. The Kier molecular flexibility index (Phi) is 23.8. The van der Waals surface area contributed by atoms with Gasteiger partial charge in [0.25, 0.3) is 0 Å². The molecule has 4 nitrogen and oxygen atoms in total. The molecule has 3 aromatic carbocycles. The number of halogens is 2. The van der Waals surface area contributed by atoms with Crippen LogP contribution in [0.25, 0.3) is 11.1 Å². The summed E-state index contributed by atoms with van der Waals surface area (Å²) in [5.74, 6) is -2.26. The normalized spacial score (nSPS) is 9.27. The maximum atomic E-state index is 14.2. The Morgan fingerprint density at radius 3 is 2.19 bits per heavy atom. The average molecular weight is 540 g/mol. The van der Waals surface area contributed by atoms with E-state index < -0.39 is 17.4 Å². The van der Waals surface area contributed by atoms with Gasteiger partial charge in [0.05, 0.1) is 6.61 Å². The van der Waals surface area contributed by atoms with Crippen molar-refractivity contribution in [1.29, 1.82) is 0 Å². The van der Waals surface area contributed by atoms with Crippen molar-refractivity contribution in [3.8, 4) is 22.6 Å². The van der Waals surface area contributed by atoms with Crippen LogP contribution >= 0.6 is 0 Å². The summed E-state index contributed by atoms with van der Waals surface area (Å²) in [5, 5.41) is 12.7. The average Bonchev–Trinajstić information content (AvgIpc) is 2.95. The molecule has 0 bridgehead atoms. The summed E-state index contributed by atoms with van der Waals surface area (Å²) in [7, 11) is 2.00. The molecular weight excluding hydrogens is 499 g/mol. The van der Waals surface area contributed by atoms with E-state index in [0.717, 1.165) is 5.56 Å². The predicted molar refractivity (Wildman–Crippen MR) is 144 cm³/mol. The number of phenolic OH excluding ortho intramolecular Hbond substituents is 1. The molecule has 0 amide bonds. The predicted octanol–water partition coefficient (Wildman–Crippen LogP) is 4.52. The van der Waals surface area contributed by atoms with Crippen LogP contribution in [0, 0.1) is 17.7 Å². The Hall–Kier alpha value is -1.61. The van der Waals surface area contributed by atoms with Crippen molar-refractivity contribution in [1.82, 2.24) is 5.32 Å². The van der Waals surface area contributed by atoms with Crippen molar-refractivity contribution in [3.05, 3.63) is 83.4 Å². The second-order valence-electron chi connectivity index (χ2n) is 7.45. The minimum absolute atomic E-state index is 0. The van der Waals surface area contributed by atoms with Gasteiger partial charge in [0.2, 0.25) is 5.82 Å². The van der Waals surface area contributed by atoms with Crippen LogP contribution < -0.4 is 61.4 Å². The van der Waals surface area contributed by atoms with Crippen molar-refractivity contribution >= 4 is 6.79 Å². The maximum absolute atomic E-state index is 14.2. The van der Waals surface area contributed by atoms with Gasteiger partial charge in [-0.05, 0) is 55.8 Å². The molecule has 37 heavy (non-hydrogen) atoms. The van der Waals surface area contributed by atoms with E-state index in [1.807, 2.05) is 51.9 Å². The molecule has 0 atom stereocenters. The second-order valence-corrected chi connectivity index (χ2v) is 7.45. The van der Waals surface area contributed by atoms with E-state index in [-0.39, 0.29) is 56.9 Å². The van der Waals surface area contributed by atoms with Crippen LogP contribution in [0.1, 0.15) is 58.1 Å². The molecule has 0 heterocycles. The Bertz CT molecular complexity index is 967. The molecule has 0 saturated heterocycles. The molecule has 0 radical (unpaired) electrons. The maximum Gasteiger partial charge on any atom is 1.00 e. The standard InChI is InChI=1S/C21H17F2O2.C6H15N.C2H6.CH2O.K/c1-2-15-12-18(19(22)20(23)21(15)24)16-8-10-17(11-9-16)25-13-14-6-4-3-5-7-14;1-3-4-5-6-7-2;2*1-2;/h3-4,6-12,24H,2,13H2,1H3;7H,3-6H2,1-2H3;1-2H3;1H2;/q-1;;;;+1. The number of ether oxygens (including phenoxy) is 1. The number of unbranched alkanes of at least 4 members (excludes halogenated alkanes) is 2. The second kappa shape index (κ2) is 23.5. The van der Waals surface area contributed by atoms with Crippen molar-refractivity contribution in [2.75, 3.05) is 13.6 Å². The fourth-order valence-electron chi connectivity index (χ4n) is 3.12. The van der Waals surface area contributed by atoms with Gasteiger partial charge in [0, 0.05) is 5.56 Å². The van der Waals surface area contributed by atoms with Crippen molar-refractivity contribution in [2.45, 2.75) is 60.0 Å². The molecule has 0 aliphatic carbocycles. The van der Waals surface area contributed by atoms with E-state index >= 15 is 0 Å². The van der Waals surface area contributed by atoms with Crippen LogP contribution in [-0.2, 0) is 17.8 Å². The van der Waals surface area contributed by atoms with Gasteiger partial charge >= 0.3 is 51.4 Å². The number of hydrogen-bond donors (Lipinski definition) is 2. The molecule has 0 spiro atoms. The monoisotopic (exact) mass is 539 g/mol. The Labute approximate surface area is 264 Å². The van der Waals surface area contributed by atoms with Gasteiger partial charge < -0.3 is 20.0 Å². The van der Waals surface area contributed by atoms with E-state index in [4.69, 9.17) is 9.53 Å². The third-order valence-corrected chi connectivity index (χ3v) is 5.01. The molecule has 3 aromatic rings. The fraction of sp³-hybridized carbons (Fsp3) is 0.367. The summed E-state index contributed by atoms with van der Waals surface area (Å²) in [6.45, 7) is 11.6. The first-order valence-electron chi connectivity index (χ1n) is 12.3. The molecule has 0 aliphatic heterocycles. The zero-order valence-corrected chi connectivity index (χ0v) is 26.3. The molecule has 0 fully saturated rings. The first-order valence-corrected chi connectivity index (χ1v) is 12.3. The Balaban J connectivity index is 0. The number of aromatic hydroxyl groups is 1. The third kappa shape index (κ3) is 13.7. The fourth-order valence-corrected chi connectivity index (χ4v) is 3.12. The zero-order chi connectivity index (χ0) is 27.3. The molecular formula is C30H40F2KNO3. The SMILES string of the molecule is C=O.CC.CCCCCNC.CCc1cc(-c2ccc(OCc3c[c-]ccc3)cc2)c(F)c(F)c1O.[K+]. The van der Waals surface area contributed by atoms with Gasteiger partial charge in [-0.2, -0.15) is 34.7 Å². The van der Waals surface area contributed by atoms with E-state index in [1.165, 1.54) is 31.9 Å². The summed E-state index contributed by atoms with van der Waals surface area (Å²) in [4.78, 5) is 8.00. The van der Waals surface area contributed by atoms with Crippen molar-refractivity contribution < 1.29 is 74.8 Å². The number of aryl methyl sites for hydroxylation is 1. The summed E-state index contributed by atoms with van der Waals surface area (Å²) in [6.07, 6.45) is 4.42. The van der Waals surface area contributed by atoms with Gasteiger partial charge in [-0.1, -0.05) is 52.7 Å². The first-order chi connectivity index (χ1) is 17.5. The molecule has 7 heteroatoms. The van der Waals surface area contributed by atoms with Gasteiger partial charge in [-0.15, -0.1) is 5.56 Å². The van der Waals surface area contributed by atoms with Crippen LogP contribution in [0.15, 0.2) is 54.6 Å². The summed E-state index contributed by atoms with van der Waals surface area (Å²) in [6, 6.07) is 18.7. The Morgan fingerprint density at radius 1 is 1.03 bits per heavy atom. The number of benzene rings is 3. The molecule has 0 unspecified atom stereocenters. The number of nitrogens with one attached hydrogen (secondary N) is 1. The van der Waals surface area contributed by atoms with Gasteiger partial charge in [0.15, 0.2) is 11.6 Å². The number of phenols is 1. The molecule has 3 rings (SSSR count). The third-order valence-electron chi connectivity index (χ3n) is 5.01. The first kappa shape index (κ1) is 37.5. The smallest absolute Gasteiger partial charge is 0.505 e. The van der Waals surface area contributed by atoms with E-state index in [2.05, 4.69) is 18.3 Å². The van der Waals surface area contributed by atoms with Crippen LogP contribution in [0.5, 0.6) is 11.5 Å². The van der Waals surface area contributed by atoms with Gasteiger partial charge in [-0.3, -0.25) is 0 Å². The quantitative estimate of drug-likeness (QED) is 0.239. The summed E-state index contributed by atoms with van der Waals surface area (Å²) >= 11 is 0. The summed E-state index contributed by atoms with van der Waals surface area (Å²) < 4.78 is 33.7. The van der Waals surface area contributed by atoms with Crippen LogP contribution in [0.3, 0.4) is 0 Å².